The molecule has 0 radical (unpaired) electrons. The van der Waals surface area contributed by atoms with E-state index in [0.717, 1.165) is 18.8 Å². The highest BCUT2D eigenvalue weighted by molar-refractivity contribution is 5.81. The monoisotopic (exact) mass is 266 g/mol. The normalized spacial score (nSPS) is 25.2. The first-order valence-corrected chi connectivity index (χ1v) is 8.23. The number of carbonyl (C=O) groups is 1. The van der Waals surface area contributed by atoms with Crippen LogP contribution in [0.2, 0.25) is 0 Å². The molecule has 0 spiro atoms. The third-order valence-electron chi connectivity index (χ3n) is 4.96. The van der Waals surface area contributed by atoms with Crippen LogP contribution in [0.15, 0.2) is 0 Å². The van der Waals surface area contributed by atoms with Gasteiger partial charge in [-0.25, -0.2) is 0 Å². The first kappa shape index (κ1) is 14.8. The van der Waals surface area contributed by atoms with Gasteiger partial charge in [-0.3, -0.25) is 4.79 Å². The first-order valence-electron chi connectivity index (χ1n) is 8.23. The van der Waals surface area contributed by atoms with Crippen molar-refractivity contribution < 1.29 is 4.79 Å². The molecule has 0 saturated heterocycles. The molecule has 2 fully saturated rings. The molecule has 110 valence electrons. The van der Waals surface area contributed by atoms with Gasteiger partial charge in [0.25, 0.3) is 0 Å². The number of rotatable bonds is 5. The van der Waals surface area contributed by atoms with Gasteiger partial charge in [0, 0.05) is 12.1 Å². The molecule has 2 unspecified atom stereocenters. The molecule has 0 heterocycles. The van der Waals surface area contributed by atoms with Crippen molar-refractivity contribution in [3.05, 3.63) is 0 Å². The van der Waals surface area contributed by atoms with Gasteiger partial charge in [0.2, 0.25) is 5.91 Å². The molecule has 3 heteroatoms. The van der Waals surface area contributed by atoms with Crippen LogP contribution in [0, 0.1) is 5.92 Å². The van der Waals surface area contributed by atoms with Crippen molar-refractivity contribution in [3.8, 4) is 0 Å². The van der Waals surface area contributed by atoms with E-state index in [9.17, 15) is 4.79 Å². The summed E-state index contributed by atoms with van der Waals surface area (Å²) in [7, 11) is 0. The minimum atomic E-state index is -0.0578. The van der Waals surface area contributed by atoms with Gasteiger partial charge in [-0.05, 0) is 45.4 Å². The molecule has 0 bridgehead atoms. The topological polar surface area (TPSA) is 41.1 Å². The third kappa shape index (κ3) is 4.48. The summed E-state index contributed by atoms with van der Waals surface area (Å²) in [6, 6.07) is 0.837. The van der Waals surface area contributed by atoms with Crippen molar-refractivity contribution in [1.82, 2.24) is 10.6 Å². The lowest BCUT2D eigenvalue weighted by Gasteiger charge is -2.30. The van der Waals surface area contributed by atoms with Gasteiger partial charge in [0.1, 0.15) is 0 Å². The zero-order valence-corrected chi connectivity index (χ0v) is 12.6. The zero-order chi connectivity index (χ0) is 13.7. The average molecular weight is 266 g/mol. The molecule has 19 heavy (non-hydrogen) atoms. The first-order chi connectivity index (χ1) is 9.16. The SMILES string of the molecule is CC(NC(C)C1CCCCC1)C(=O)NC1CCCC1. The van der Waals surface area contributed by atoms with E-state index >= 15 is 0 Å². The lowest BCUT2D eigenvalue weighted by Crippen LogP contribution is -2.50. The van der Waals surface area contributed by atoms with Crippen LogP contribution in [-0.4, -0.2) is 24.0 Å². The predicted octanol–water partition coefficient (Wildman–Crippen LogP) is 2.99. The van der Waals surface area contributed by atoms with Crippen LogP contribution in [-0.2, 0) is 4.79 Å². The molecule has 0 aromatic carbocycles. The van der Waals surface area contributed by atoms with Crippen molar-refractivity contribution >= 4 is 5.91 Å². The van der Waals surface area contributed by atoms with Gasteiger partial charge >= 0.3 is 0 Å². The Hall–Kier alpha value is -0.570. The molecular weight excluding hydrogens is 236 g/mol. The smallest absolute Gasteiger partial charge is 0.237 e. The minimum Gasteiger partial charge on any atom is -0.352 e. The number of hydrogen-bond acceptors (Lipinski definition) is 2. The van der Waals surface area contributed by atoms with Crippen LogP contribution >= 0.6 is 0 Å². The molecule has 2 rings (SSSR count). The fraction of sp³-hybridized carbons (Fsp3) is 0.938. The Morgan fingerprint density at radius 2 is 1.53 bits per heavy atom. The standard InChI is InChI=1S/C16H30N2O/c1-12(14-8-4-3-5-9-14)17-13(2)16(19)18-15-10-6-7-11-15/h12-15,17H,3-11H2,1-2H3,(H,18,19). The quantitative estimate of drug-likeness (QED) is 0.803. The van der Waals surface area contributed by atoms with Crippen LogP contribution < -0.4 is 10.6 Å². The van der Waals surface area contributed by atoms with Gasteiger partial charge in [-0.1, -0.05) is 32.1 Å². The van der Waals surface area contributed by atoms with E-state index in [1.54, 1.807) is 0 Å². The Morgan fingerprint density at radius 1 is 0.947 bits per heavy atom. The fourth-order valence-corrected chi connectivity index (χ4v) is 3.64. The molecule has 0 aromatic heterocycles. The van der Waals surface area contributed by atoms with Crippen LogP contribution in [0.4, 0.5) is 0 Å². The van der Waals surface area contributed by atoms with E-state index in [0.29, 0.717) is 12.1 Å². The van der Waals surface area contributed by atoms with E-state index in [1.165, 1.54) is 44.9 Å². The van der Waals surface area contributed by atoms with E-state index < -0.39 is 0 Å². The van der Waals surface area contributed by atoms with Crippen LogP contribution in [0.3, 0.4) is 0 Å². The maximum absolute atomic E-state index is 12.1. The molecule has 2 atom stereocenters. The van der Waals surface area contributed by atoms with Gasteiger partial charge in [0.05, 0.1) is 6.04 Å². The molecule has 2 N–H and O–H groups in total. The lowest BCUT2D eigenvalue weighted by molar-refractivity contribution is -0.123. The molecule has 0 aliphatic heterocycles. The molecular formula is C16H30N2O. The van der Waals surface area contributed by atoms with Gasteiger partial charge in [-0.2, -0.15) is 0 Å². The summed E-state index contributed by atoms with van der Waals surface area (Å²) in [6.45, 7) is 4.25. The highest BCUT2D eigenvalue weighted by Gasteiger charge is 2.25. The maximum Gasteiger partial charge on any atom is 0.237 e. The van der Waals surface area contributed by atoms with Crippen molar-refractivity contribution in [1.29, 1.82) is 0 Å². The van der Waals surface area contributed by atoms with Crippen molar-refractivity contribution in [3.63, 3.8) is 0 Å². The highest BCUT2D eigenvalue weighted by Crippen LogP contribution is 2.26. The summed E-state index contributed by atoms with van der Waals surface area (Å²) in [5, 5.41) is 6.70. The second-order valence-electron chi connectivity index (χ2n) is 6.57. The third-order valence-corrected chi connectivity index (χ3v) is 4.96. The number of hydrogen-bond donors (Lipinski definition) is 2. The van der Waals surface area contributed by atoms with Crippen molar-refractivity contribution in [2.75, 3.05) is 0 Å². The van der Waals surface area contributed by atoms with Gasteiger partial charge in [-0.15, -0.1) is 0 Å². The number of amides is 1. The van der Waals surface area contributed by atoms with E-state index in [4.69, 9.17) is 0 Å². The fourth-order valence-electron chi connectivity index (χ4n) is 3.64. The van der Waals surface area contributed by atoms with Crippen molar-refractivity contribution in [2.24, 2.45) is 5.92 Å². The average Bonchev–Trinajstić information content (AvgIpc) is 2.92. The largest absolute Gasteiger partial charge is 0.352 e. The summed E-state index contributed by atoms with van der Waals surface area (Å²) in [5.74, 6) is 0.949. The van der Waals surface area contributed by atoms with Gasteiger partial charge in [0.15, 0.2) is 0 Å². The molecule has 2 saturated carbocycles. The summed E-state index contributed by atoms with van der Waals surface area (Å²) in [4.78, 5) is 12.1. The summed E-state index contributed by atoms with van der Waals surface area (Å²) >= 11 is 0. The van der Waals surface area contributed by atoms with Crippen molar-refractivity contribution in [2.45, 2.75) is 89.8 Å². The molecule has 3 nitrogen and oxygen atoms in total. The number of carbonyl (C=O) groups excluding carboxylic acids is 1. The lowest BCUT2D eigenvalue weighted by atomic mass is 9.84. The predicted molar refractivity (Wildman–Crippen MR) is 79.0 cm³/mol. The van der Waals surface area contributed by atoms with Gasteiger partial charge < -0.3 is 10.6 Å². The molecule has 2 aliphatic carbocycles. The Balaban J connectivity index is 1.72. The maximum atomic E-state index is 12.1. The van der Waals surface area contributed by atoms with Crippen LogP contribution in [0.1, 0.15) is 71.6 Å². The van der Waals surface area contributed by atoms with E-state index in [1.807, 2.05) is 6.92 Å². The second-order valence-corrected chi connectivity index (χ2v) is 6.57. The summed E-state index contributed by atoms with van der Waals surface area (Å²) in [6.07, 6.45) is 11.6. The zero-order valence-electron chi connectivity index (χ0n) is 12.6. The Morgan fingerprint density at radius 3 is 2.16 bits per heavy atom. The molecule has 1 amide bonds. The van der Waals surface area contributed by atoms with E-state index in [-0.39, 0.29) is 11.9 Å². The Labute approximate surface area is 117 Å². The number of nitrogens with one attached hydrogen (secondary N) is 2. The minimum absolute atomic E-state index is 0.0578. The van der Waals surface area contributed by atoms with E-state index in [2.05, 4.69) is 17.6 Å². The Bertz CT molecular complexity index is 280. The van der Waals surface area contributed by atoms with Crippen LogP contribution in [0.25, 0.3) is 0 Å². The molecule has 2 aliphatic rings. The Kier molecular flexibility index (Phi) is 5.68. The van der Waals surface area contributed by atoms with Crippen LogP contribution in [0.5, 0.6) is 0 Å². The summed E-state index contributed by atoms with van der Waals surface area (Å²) < 4.78 is 0. The summed E-state index contributed by atoms with van der Waals surface area (Å²) in [5.41, 5.74) is 0. The second kappa shape index (κ2) is 7.28. The highest BCUT2D eigenvalue weighted by atomic mass is 16.2. The molecule has 0 aromatic rings.